The first-order chi connectivity index (χ1) is 11.2. The Balaban J connectivity index is 1.61. The highest BCUT2D eigenvalue weighted by molar-refractivity contribution is 5.79. The van der Waals surface area contributed by atoms with Crippen LogP contribution in [0.2, 0.25) is 0 Å². The number of carbonyl (C=O) groups is 1. The number of Topliss-reactive ketones (excluding diaryl/α,β-unsaturated/α-hetero) is 1. The zero-order valence-corrected chi connectivity index (χ0v) is 16.1. The van der Waals surface area contributed by atoms with E-state index in [-0.39, 0.29) is 5.41 Å². The lowest BCUT2D eigenvalue weighted by atomic mass is 9.44. The van der Waals surface area contributed by atoms with Crippen LogP contribution in [0.5, 0.6) is 0 Å². The highest BCUT2D eigenvalue weighted by atomic mass is 16.3. The lowest BCUT2D eigenvalue weighted by Crippen LogP contribution is -2.55. The molecule has 0 aromatic heterocycles. The van der Waals surface area contributed by atoms with Crippen molar-refractivity contribution >= 4 is 5.78 Å². The van der Waals surface area contributed by atoms with E-state index in [0.29, 0.717) is 23.0 Å². The van der Waals surface area contributed by atoms with Crippen molar-refractivity contribution in [2.75, 3.05) is 0 Å². The van der Waals surface area contributed by atoms with E-state index >= 15 is 0 Å². The molecular weight excluding hydrogens is 296 g/mol. The molecule has 8 atom stereocenters. The number of ketones is 1. The Morgan fingerprint density at radius 1 is 0.875 bits per heavy atom. The van der Waals surface area contributed by atoms with E-state index in [1.165, 1.54) is 38.5 Å². The van der Waals surface area contributed by atoms with Gasteiger partial charge in [0.05, 0.1) is 5.60 Å². The van der Waals surface area contributed by atoms with E-state index in [1.807, 2.05) is 13.8 Å². The second-order valence-electron chi connectivity index (χ2n) is 10.6. The van der Waals surface area contributed by atoms with Gasteiger partial charge in [-0.25, -0.2) is 0 Å². The highest BCUT2D eigenvalue weighted by Gasteiger charge is 2.61. The van der Waals surface area contributed by atoms with E-state index in [9.17, 15) is 9.90 Å². The molecule has 0 saturated heterocycles. The van der Waals surface area contributed by atoms with Crippen molar-refractivity contribution in [2.45, 2.75) is 91.1 Å². The van der Waals surface area contributed by atoms with Crippen LogP contribution in [0.25, 0.3) is 0 Å². The number of aliphatic hydroxyl groups is 1. The standard InChI is InChI=1S/C22H36O2/c1-14(23)17-7-8-18-16-6-5-15-13-20(2,24)11-12-21(15,3)19(16)9-10-22(17,18)4/h15-19,24H,5-13H2,1-4H3/t15?,16-,17+,18?,19?,20+,21-,22+/m0/s1. The van der Waals surface area contributed by atoms with Crippen molar-refractivity contribution in [3.8, 4) is 0 Å². The molecule has 0 bridgehead atoms. The maximum atomic E-state index is 12.2. The summed E-state index contributed by atoms with van der Waals surface area (Å²) in [5.74, 6) is 3.89. The van der Waals surface area contributed by atoms with Crippen LogP contribution in [0.15, 0.2) is 0 Å². The number of hydrogen-bond donors (Lipinski definition) is 1. The average Bonchev–Trinajstić information content (AvgIpc) is 2.85. The molecule has 24 heavy (non-hydrogen) atoms. The fourth-order valence-corrected chi connectivity index (χ4v) is 8.10. The largest absolute Gasteiger partial charge is 0.390 e. The van der Waals surface area contributed by atoms with E-state index in [4.69, 9.17) is 0 Å². The topological polar surface area (TPSA) is 37.3 Å². The third-order valence-corrected chi connectivity index (χ3v) is 9.44. The predicted octanol–water partition coefficient (Wildman–Crippen LogP) is 4.99. The van der Waals surface area contributed by atoms with E-state index in [2.05, 4.69) is 13.8 Å². The second kappa shape index (κ2) is 5.32. The van der Waals surface area contributed by atoms with Gasteiger partial charge in [-0.1, -0.05) is 13.8 Å². The Morgan fingerprint density at radius 3 is 2.29 bits per heavy atom. The van der Waals surface area contributed by atoms with E-state index in [0.717, 1.165) is 37.0 Å². The van der Waals surface area contributed by atoms with E-state index < -0.39 is 5.60 Å². The number of hydrogen-bond acceptors (Lipinski definition) is 2. The molecule has 2 heteroatoms. The molecular formula is C22H36O2. The van der Waals surface area contributed by atoms with Gasteiger partial charge in [-0.05, 0) is 106 Å². The minimum atomic E-state index is -0.437. The van der Waals surface area contributed by atoms with Crippen LogP contribution < -0.4 is 0 Å². The summed E-state index contributed by atoms with van der Waals surface area (Å²) in [6.45, 7) is 8.85. The highest BCUT2D eigenvalue weighted by Crippen LogP contribution is 2.68. The van der Waals surface area contributed by atoms with Gasteiger partial charge in [-0.3, -0.25) is 4.79 Å². The number of rotatable bonds is 1. The van der Waals surface area contributed by atoms with Crippen LogP contribution in [-0.4, -0.2) is 16.5 Å². The summed E-state index contributed by atoms with van der Waals surface area (Å²) >= 11 is 0. The van der Waals surface area contributed by atoms with Crippen molar-refractivity contribution in [3.63, 3.8) is 0 Å². The Bertz CT molecular complexity index is 538. The van der Waals surface area contributed by atoms with Crippen LogP contribution in [0.4, 0.5) is 0 Å². The predicted molar refractivity (Wildman–Crippen MR) is 96.5 cm³/mol. The molecule has 4 aliphatic carbocycles. The number of fused-ring (bicyclic) bond motifs is 5. The van der Waals surface area contributed by atoms with Crippen molar-refractivity contribution in [1.29, 1.82) is 0 Å². The average molecular weight is 333 g/mol. The van der Waals surface area contributed by atoms with Gasteiger partial charge in [0.1, 0.15) is 5.78 Å². The number of carbonyl (C=O) groups excluding carboxylic acids is 1. The molecule has 0 aromatic carbocycles. The summed E-state index contributed by atoms with van der Waals surface area (Å²) in [6, 6.07) is 0. The normalized spacial score (nSPS) is 57.0. The summed E-state index contributed by atoms with van der Waals surface area (Å²) in [5, 5.41) is 10.6. The minimum absolute atomic E-state index is 0.274. The van der Waals surface area contributed by atoms with Crippen LogP contribution in [0.3, 0.4) is 0 Å². The van der Waals surface area contributed by atoms with Gasteiger partial charge >= 0.3 is 0 Å². The van der Waals surface area contributed by atoms with Gasteiger partial charge in [0.2, 0.25) is 0 Å². The van der Waals surface area contributed by atoms with Crippen LogP contribution >= 0.6 is 0 Å². The molecule has 2 nitrogen and oxygen atoms in total. The zero-order chi connectivity index (χ0) is 17.3. The van der Waals surface area contributed by atoms with Gasteiger partial charge in [0.25, 0.3) is 0 Å². The zero-order valence-electron chi connectivity index (χ0n) is 16.1. The Morgan fingerprint density at radius 2 is 1.58 bits per heavy atom. The molecule has 0 radical (unpaired) electrons. The summed E-state index contributed by atoms with van der Waals surface area (Å²) in [6.07, 6.45) is 10.8. The van der Waals surface area contributed by atoms with Gasteiger partial charge in [-0.2, -0.15) is 0 Å². The van der Waals surface area contributed by atoms with Crippen LogP contribution in [-0.2, 0) is 4.79 Å². The summed E-state index contributed by atoms with van der Waals surface area (Å²) in [4.78, 5) is 12.2. The van der Waals surface area contributed by atoms with Gasteiger partial charge < -0.3 is 5.11 Å². The Labute approximate surface area is 147 Å². The molecule has 0 amide bonds. The van der Waals surface area contributed by atoms with Crippen molar-refractivity contribution in [3.05, 3.63) is 0 Å². The molecule has 0 spiro atoms. The van der Waals surface area contributed by atoms with Gasteiger partial charge in [0, 0.05) is 5.92 Å². The first-order valence-corrected chi connectivity index (χ1v) is 10.4. The SMILES string of the molecule is CC(=O)[C@H]1CCC2[C@@H]3CCC4C[C@](C)(O)CC[C@]4(C)C3CC[C@@]21C. The maximum Gasteiger partial charge on any atom is 0.133 e. The fourth-order valence-electron chi connectivity index (χ4n) is 8.10. The summed E-state index contributed by atoms with van der Waals surface area (Å²) in [7, 11) is 0. The molecule has 136 valence electrons. The van der Waals surface area contributed by atoms with Crippen molar-refractivity contribution in [2.24, 2.45) is 40.4 Å². The van der Waals surface area contributed by atoms with Crippen LogP contribution in [0, 0.1) is 40.4 Å². The molecule has 1 N–H and O–H groups in total. The second-order valence-corrected chi connectivity index (χ2v) is 10.6. The van der Waals surface area contributed by atoms with E-state index in [1.54, 1.807) is 0 Å². The van der Waals surface area contributed by atoms with Gasteiger partial charge in [0.15, 0.2) is 0 Å². The molecule has 4 aliphatic rings. The fraction of sp³-hybridized carbons (Fsp3) is 0.955. The molecule has 0 aliphatic heterocycles. The lowest BCUT2D eigenvalue weighted by Gasteiger charge is -2.61. The first kappa shape index (κ1) is 17.1. The Kier molecular flexibility index (Phi) is 3.78. The van der Waals surface area contributed by atoms with Crippen molar-refractivity contribution in [1.82, 2.24) is 0 Å². The molecule has 0 aromatic rings. The molecule has 0 heterocycles. The molecule has 3 unspecified atom stereocenters. The summed E-state index contributed by atoms with van der Waals surface area (Å²) < 4.78 is 0. The molecule has 4 rings (SSSR count). The van der Waals surface area contributed by atoms with Crippen LogP contribution in [0.1, 0.15) is 85.5 Å². The van der Waals surface area contributed by atoms with Gasteiger partial charge in [-0.15, -0.1) is 0 Å². The molecule has 4 saturated carbocycles. The first-order valence-electron chi connectivity index (χ1n) is 10.4. The quantitative estimate of drug-likeness (QED) is 0.735. The van der Waals surface area contributed by atoms with Crippen molar-refractivity contribution < 1.29 is 9.90 Å². The lowest BCUT2D eigenvalue weighted by molar-refractivity contribution is -0.150. The third-order valence-electron chi connectivity index (χ3n) is 9.44. The monoisotopic (exact) mass is 332 g/mol. The summed E-state index contributed by atoms with van der Waals surface area (Å²) in [5.41, 5.74) is 0.268. The smallest absolute Gasteiger partial charge is 0.133 e. The minimum Gasteiger partial charge on any atom is -0.390 e. The maximum absolute atomic E-state index is 12.2. The Hall–Kier alpha value is -0.370. The molecule has 4 fully saturated rings. The third kappa shape index (κ3) is 2.27.